The first-order valence-electron chi connectivity index (χ1n) is 5.00. The molecule has 0 fully saturated rings. The number of hydrogen-bond donors (Lipinski definition) is 1. The summed E-state index contributed by atoms with van der Waals surface area (Å²) in [6, 6.07) is 3.70. The number of nitrogens with two attached hydrogens (primary N) is 1. The zero-order chi connectivity index (χ0) is 11.3. The number of ether oxygens (including phenoxy) is 2. The van der Waals surface area contributed by atoms with Crippen molar-refractivity contribution in [2.24, 2.45) is 5.73 Å². The largest absolute Gasteiger partial charge is 0.487 e. The third-order valence-corrected chi connectivity index (χ3v) is 1.96. The highest BCUT2D eigenvalue weighted by atomic mass is 16.5. The molecule has 0 radical (unpaired) electrons. The molecule has 1 aromatic heterocycles. The molecule has 0 spiro atoms. The van der Waals surface area contributed by atoms with E-state index < -0.39 is 0 Å². The molecule has 0 aliphatic carbocycles. The molecule has 0 saturated heterocycles. The molecule has 1 rings (SSSR count). The number of methoxy groups -OCH3 is 1. The number of pyridine rings is 1. The van der Waals surface area contributed by atoms with Gasteiger partial charge in [0.2, 0.25) is 0 Å². The van der Waals surface area contributed by atoms with Crippen LogP contribution in [0.15, 0.2) is 18.3 Å². The van der Waals surface area contributed by atoms with Crippen molar-refractivity contribution in [3.63, 3.8) is 0 Å². The van der Waals surface area contributed by atoms with Crippen molar-refractivity contribution >= 4 is 0 Å². The summed E-state index contributed by atoms with van der Waals surface area (Å²) in [5, 5.41) is 0. The third kappa shape index (κ3) is 3.85. The van der Waals surface area contributed by atoms with Gasteiger partial charge in [0, 0.05) is 13.2 Å². The van der Waals surface area contributed by atoms with Crippen LogP contribution in [0, 0.1) is 0 Å². The monoisotopic (exact) mass is 210 g/mol. The summed E-state index contributed by atoms with van der Waals surface area (Å²) in [7, 11) is 1.65. The van der Waals surface area contributed by atoms with E-state index in [1.807, 2.05) is 26.0 Å². The molecule has 1 heterocycles. The van der Waals surface area contributed by atoms with Crippen molar-refractivity contribution in [1.29, 1.82) is 0 Å². The van der Waals surface area contributed by atoms with Crippen LogP contribution in [-0.2, 0) is 4.74 Å². The molecular weight excluding hydrogens is 192 g/mol. The van der Waals surface area contributed by atoms with E-state index in [9.17, 15) is 0 Å². The average Bonchev–Trinajstić information content (AvgIpc) is 2.18. The maximum atomic E-state index is 5.69. The molecule has 4 heteroatoms. The Bertz CT molecular complexity index is 285. The summed E-state index contributed by atoms with van der Waals surface area (Å²) in [5.41, 5.74) is 6.55. The second kappa shape index (κ2) is 5.68. The van der Waals surface area contributed by atoms with Crippen LogP contribution in [-0.4, -0.2) is 24.8 Å². The van der Waals surface area contributed by atoms with E-state index in [0.717, 1.165) is 11.4 Å². The minimum atomic E-state index is -0.0459. The first-order valence-corrected chi connectivity index (χ1v) is 5.00. The Labute approximate surface area is 90.4 Å². The van der Waals surface area contributed by atoms with Crippen molar-refractivity contribution in [3.8, 4) is 5.75 Å². The summed E-state index contributed by atoms with van der Waals surface area (Å²) in [5.74, 6) is 0.740. The van der Waals surface area contributed by atoms with Gasteiger partial charge in [-0.15, -0.1) is 0 Å². The van der Waals surface area contributed by atoms with Gasteiger partial charge in [-0.25, -0.2) is 0 Å². The van der Waals surface area contributed by atoms with Gasteiger partial charge in [0.25, 0.3) is 0 Å². The van der Waals surface area contributed by atoms with Crippen molar-refractivity contribution in [1.82, 2.24) is 4.98 Å². The molecule has 0 aliphatic heterocycles. The average molecular weight is 210 g/mol. The molecular formula is C11H18N2O2. The molecule has 0 amide bonds. The van der Waals surface area contributed by atoms with Gasteiger partial charge in [-0.1, -0.05) is 0 Å². The van der Waals surface area contributed by atoms with Crippen LogP contribution in [0.25, 0.3) is 0 Å². The van der Waals surface area contributed by atoms with Crippen LogP contribution in [0.2, 0.25) is 0 Å². The maximum absolute atomic E-state index is 5.69. The lowest BCUT2D eigenvalue weighted by Gasteiger charge is -2.13. The van der Waals surface area contributed by atoms with E-state index in [1.54, 1.807) is 13.3 Å². The SMILES string of the molecule is COCC(C)Oc1ccc(C(C)N)nc1. The van der Waals surface area contributed by atoms with Crippen molar-refractivity contribution < 1.29 is 9.47 Å². The normalized spacial score (nSPS) is 14.7. The van der Waals surface area contributed by atoms with Gasteiger partial charge in [-0.05, 0) is 26.0 Å². The van der Waals surface area contributed by atoms with Gasteiger partial charge in [-0.3, -0.25) is 4.98 Å². The van der Waals surface area contributed by atoms with Crippen molar-refractivity contribution in [3.05, 3.63) is 24.0 Å². The Morgan fingerprint density at radius 3 is 2.60 bits per heavy atom. The Morgan fingerprint density at radius 2 is 2.13 bits per heavy atom. The lowest BCUT2D eigenvalue weighted by Crippen LogP contribution is -2.18. The van der Waals surface area contributed by atoms with Crippen LogP contribution in [0.5, 0.6) is 5.75 Å². The molecule has 2 atom stereocenters. The molecule has 84 valence electrons. The highest BCUT2D eigenvalue weighted by molar-refractivity contribution is 5.21. The summed E-state index contributed by atoms with van der Waals surface area (Å²) < 4.78 is 10.5. The highest BCUT2D eigenvalue weighted by Gasteiger charge is 2.05. The minimum absolute atomic E-state index is 0.0259. The van der Waals surface area contributed by atoms with E-state index in [-0.39, 0.29) is 12.1 Å². The van der Waals surface area contributed by atoms with E-state index in [1.165, 1.54) is 0 Å². The lowest BCUT2D eigenvalue weighted by atomic mass is 10.2. The fourth-order valence-corrected chi connectivity index (χ4v) is 1.23. The Kier molecular flexibility index (Phi) is 4.52. The second-order valence-electron chi connectivity index (χ2n) is 3.59. The second-order valence-corrected chi connectivity index (χ2v) is 3.59. The summed E-state index contributed by atoms with van der Waals surface area (Å²) in [6.07, 6.45) is 1.71. The predicted molar refractivity (Wildman–Crippen MR) is 58.8 cm³/mol. The maximum Gasteiger partial charge on any atom is 0.138 e. The van der Waals surface area contributed by atoms with E-state index in [2.05, 4.69) is 4.98 Å². The van der Waals surface area contributed by atoms with Crippen LogP contribution < -0.4 is 10.5 Å². The molecule has 1 aromatic rings. The fourth-order valence-electron chi connectivity index (χ4n) is 1.23. The first-order chi connectivity index (χ1) is 7.13. The zero-order valence-electron chi connectivity index (χ0n) is 9.43. The molecule has 0 aliphatic rings. The van der Waals surface area contributed by atoms with Gasteiger partial charge < -0.3 is 15.2 Å². The van der Waals surface area contributed by atoms with Crippen LogP contribution in [0.1, 0.15) is 25.6 Å². The number of hydrogen-bond acceptors (Lipinski definition) is 4. The van der Waals surface area contributed by atoms with Gasteiger partial charge in [-0.2, -0.15) is 0 Å². The van der Waals surface area contributed by atoms with Crippen LogP contribution >= 0.6 is 0 Å². The molecule has 15 heavy (non-hydrogen) atoms. The molecule has 0 bridgehead atoms. The van der Waals surface area contributed by atoms with Gasteiger partial charge in [0.15, 0.2) is 0 Å². The fraction of sp³-hybridized carbons (Fsp3) is 0.545. The van der Waals surface area contributed by atoms with Crippen molar-refractivity contribution in [2.75, 3.05) is 13.7 Å². The Hall–Kier alpha value is -1.13. The predicted octanol–water partition coefficient (Wildman–Crippen LogP) is 1.52. The summed E-state index contributed by atoms with van der Waals surface area (Å²) >= 11 is 0. The summed E-state index contributed by atoms with van der Waals surface area (Å²) in [6.45, 7) is 4.41. The molecule has 0 aromatic carbocycles. The highest BCUT2D eigenvalue weighted by Crippen LogP contribution is 2.14. The Balaban J connectivity index is 2.56. The Morgan fingerprint density at radius 1 is 1.40 bits per heavy atom. The van der Waals surface area contributed by atoms with Crippen LogP contribution in [0.3, 0.4) is 0 Å². The number of rotatable bonds is 5. The first kappa shape index (κ1) is 11.9. The molecule has 2 unspecified atom stereocenters. The van der Waals surface area contributed by atoms with Gasteiger partial charge in [0.05, 0.1) is 18.5 Å². The standard InChI is InChI=1S/C11H18N2O2/c1-8(7-14-3)15-10-4-5-11(9(2)12)13-6-10/h4-6,8-9H,7,12H2,1-3H3. The van der Waals surface area contributed by atoms with E-state index >= 15 is 0 Å². The van der Waals surface area contributed by atoms with Crippen molar-refractivity contribution in [2.45, 2.75) is 26.0 Å². The van der Waals surface area contributed by atoms with Crippen LogP contribution in [0.4, 0.5) is 0 Å². The molecule has 2 N–H and O–H groups in total. The van der Waals surface area contributed by atoms with E-state index in [4.69, 9.17) is 15.2 Å². The van der Waals surface area contributed by atoms with Gasteiger partial charge in [0.1, 0.15) is 11.9 Å². The zero-order valence-corrected chi connectivity index (χ0v) is 9.43. The number of aromatic nitrogens is 1. The minimum Gasteiger partial charge on any atom is -0.487 e. The number of nitrogens with zero attached hydrogens (tertiary/aromatic N) is 1. The smallest absolute Gasteiger partial charge is 0.138 e. The van der Waals surface area contributed by atoms with E-state index in [0.29, 0.717) is 6.61 Å². The third-order valence-electron chi connectivity index (χ3n) is 1.96. The lowest BCUT2D eigenvalue weighted by molar-refractivity contribution is 0.0918. The van der Waals surface area contributed by atoms with Gasteiger partial charge >= 0.3 is 0 Å². The molecule has 0 saturated carbocycles. The summed E-state index contributed by atoms with van der Waals surface area (Å²) in [4.78, 5) is 4.20. The topological polar surface area (TPSA) is 57.4 Å². The quantitative estimate of drug-likeness (QED) is 0.800. The molecule has 4 nitrogen and oxygen atoms in total.